The molecule has 0 saturated carbocycles. The van der Waals surface area contributed by atoms with Crippen molar-refractivity contribution >= 4 is 23.2 Å². The first-order valence-electron chi connectivity index (χ1n) is 6.30. The molecule has 0 aliphatic heterocycles. The Hall–Kier alpha value is -2.34. The first-order valence-corrected chi connectivity index (χ1v) is 7.18. The second-order valence-electron chi connectivity index (χ2n) is 4.36. The minimum atomic E-state index is -0.967. The van der Waals surface area contributed by atoms with Crippen LogP contribution >= 0.6 is 11.3 Å². The summed E-state index contributed by atoms with van der Waals surface area (Å²) in [6.07, 6.45) is 0. The molecule has 21 heavy (non-hydrogen) atoms. The van der Waals surface area contributed by atoms with Crippen LogP contribution in [-0.4, -0.2) is 30.6 Å². The lowest BCUT2D eigenvalue weighted by Crippen LogP contribution is -2.31. The van der Waals surface area contributed by atoms with Crippen molar-refractivity contribution in [2.45, 2.75) is 5.92 Å². The van der Waals surface area contributed by atoms with Gasteiger partial charge in [-0.05, 0) is 5.56 Å². The summed E-state index contributed by atoms with van der Waals surface area (Å²) >= 11 is 1.25. The topological polar surface area (TPSA) is 75.6 Å². The smallest absolute Gasteiger partial charge is 0.312 e. The molecule has 1 amide bonds. The van der Waals surface area contributed by atoms with Crippen LogP contribution in [0.1, 0.15) is 21.2 Å². The maximum absolute atomic E-state index is 12.0. The summed E-state index contributed by atoms with van der Waals surface area (Å²) < 4.78 is 5.01. The number of rotatable bonds is 6. The zero-order chi connectivity index (χ0) is 15.2. The van der Waals surface area contributed by atoms with E-state index >= 15 is 0 Å². The van der Waals surface area contributed by atoms with Gasteiger partial charge in [-0.2, -0.15) is 0 Å². The number of ether oxygens (including phenoxy) is 1. The van der Waals surface area contributed by atoms with Gasteiger partial charge < -0.3 is 15.2 Å². The Kier molecular flexibility index (Phi) is 4.94. The van der Waals surface area contributed by atoms with Crippen LogP contribution in [0.4, 0.5) is 0 Å². The number of carbonyl (C=O) groups is 2. The molecular formula is C15H15NO4S. The molecular weight excluding hydrogens is 290 g/mol. The van der Waals surface area contributed by atoms with Gasteiger partial charge in [0, 0.05) is 18.0 Å². The van der Waals surface area contributed by atoms with Crippen LogP contribution in [0, 0.1) is 0 Å². The van der Waals surface area contributed by atoms with Gasteiger partial charge in [-0.3, -0.25) is 9.59 Å². The molecule has 1 unspecified atom stereocenters. The van der Waals surface area contributed by atoms with E-state index in [4.69, 9.17) is 4.74 Å². The van der Waals surface area contributed by atoms with Crippen molar-refractivity contribution in [2.24, 2.45) is 0 Å². The van der Waals surface area contributed by atoms with Gasteiger partial charge in [-0.1, -0.05) is 30.3 Å². The van der Waals surface area contributed by atoms with Crippen LogP contribution in [0.15, 0.2) is 41.8 Å². The Bertz CT molecular complexity index is 624. The van der Waals surface area contributed by atoms with E-state index in [1.807, 2.05) is 6.07 Å². The minimum Gasteiger partial charge on any atom is -0.496 e. The molecule has 0 aliphatic carbocycles. The molecule has 0 radical (unpaired) electrons. The minimum absolute atomic E-state index is 0.0401. The summed E-state index contributed by atoms with van der Waals surface area (Å²) in [5, 5.41) is 13.7. The van der Waals surface area contributed by atoms with Gasteiger partial charge in [0.25, 0.3) is 5.91 Å². The van der Waals surface area contributed by atoms with E-state index in [0.29, 0.717) is 16.2 Å². The van der Waals surface area contributed by atoms with Crippen LogP contribution in [0.5, 0.6) is 5.75 Å². The third-order valence-corrected chi connectivity index (χ3v) is 3.91. The SMILES string of the molecule is COc1csc(C(=O)NCC(C(=O)O)c2ccccc2)c1. The maximum Gasteiger partial charge on any atom is 0.312 e. The zero-order valence-corrected chi connectivity index (χ0v) is 12.2. The average Bonchev–Trinajstić information content (AvgIpc) is 2.97. The second-order valence-corrected chi connectivity index (χ2v) is 5.27. The summed E-state index contributed by atoms with van der Waals surface area (Å²) in [6, 6.07) is 10.5. The molecule has 110 valence electrons. The van der Waals surface area contributed by atoms with Gasteiger partial charge in [0.05, 0.1) is 17.9 Å². The highest BCUT2D eigenvalue weighted by molar-refractivity contribution is 7.12. The lowest BCUT2D eigenvalue weighted by molar-refractivity contribution is -0.138. The largest absolute Gasteiger partial charge is 0.496 e. The standard InChI is InChI=1S/C15H15NO4S/c1-20-11-7-13(21-9-11)14(17)16-8-12(15(18)19)10-5-3-2-4-6-10/h2-7,9,12H,8H2,1H3,(H,16,17)(H,18,19). The normalized spacial score (nSPS) is 11.7. The number of hydrogen-bond acceptors (Lipinski definition) is 4. The fourth-order valence-electron chi connectivity index (χ4n) is 1.86. The highest BCUT2D eigenvalue weighted by atomic mass is 32.1. The number of amides is 1. The fraction of sp³-hybridized carbons (Fsp3) is 0.200. The first kappa shape index (κ1) is 15.1. The number of benzene rings is 1. The lowest BCUT2D eigenvalue weighted by atomic mass is 9.99. The van der Waals surface area contributed by atoms with Gasteiger partial charge in [0.15, 0.2) is 0 Å². The third kappa shape index (κ3) is 3.82. The monoisotopic (exact) mass is 305 g/mol. The highest BCUT2D eigenvalue weighted by Crippen LogP contribution is 2.21. The van der Waals surface area contributed by atoms with Crippen molar-refractivity contribution in [3.63, 3.8) is 0 Å². The Balaban J connectivity index is 2.02. The predicted octanol–water partition coefficient (Wildman–Crippen LogP) is 2.35. The molecule has 2 N–H and O–H groups in total. The molecule has 1 atom stereocenters. The van der Waals surface area contributed by atoms with Crippen LogP contribution in [0.2, 0.25) is 0 Å². The molecule has 2 rings (SSSR count). The van der Waals surface area contributed by atoms with E-state index in [1.54, 1.807) is 35.7 Å². The lowest BCUT2D eigenvalue weighted by Gasteiger charge is -2.13. The molecule has 0 bridgehead atoms. The van der Waals surface area contributed by atoms with Gasteiger partial charge in [-0.25, -0.2) is 0 Å². The summed E-state index contributed by atoms with van der Waals surface area (Å²) in [7, 11) is 1.53. The number of carboxylic acid groups (broad SMARTS) is 1. The first-order chi connectivity index (χ1) is 10.1. The molecule has 0 saturated heterocycles. The summed E-state index contributed by atoms with van der Waals surface area (Å²) in [4.78, 5) is 23.8. The Labute approximate surface area is 126 Å². The van der Waals surface area contributed by atoms with Crippen LogP contribution in [0.25, 0.3) is 0 Å². The molecule has 6 heteroatoms. The van der Waals surface area contributed by atoms with Crippen LogP contribution < -0.4 is 10.1 Å². The number of hydrogen-bond donors (Lipinski definition) is 2. The average molecular weight is 305 g/mol. The zero-order valence-electron chi connectivity index (χ0n) is 11.4. The quantitative estimate of drug-likeness (QED) is 0.859. The predicted molar refractivity (Wildman–Crippen MR) is 80.0 cm³/mol. The molecule has 1 aromatic heterocycles. The fourth-order valence-corrected chi connectivity index (χ4v) is 2.63. The van der Waals surface area contributed by atoms with E-state index in [-0.39, 0.29) is 12.5 Å². The number of methoxy groups -OCH3 is 1. The van der Waals surface area contributed by atoms with E-state index in [2.05, 4.69) is 5.32 Å². The van der Waals surface area contributed by atoms with E-state index in [0.717, 1.165) is 0 Å². The number of aliphatic carboxylic acids is 1. The number of thiophene rings is 1. The maximum atomic E-state index is 12.0. The van der Waals surface area contributed by atoms with Crippen molar-refractivity contribution in [3.8, 4) is 5.75 Å². The second kappa shape index (κ2) is 6.90. The third-order valence-electron chi connectivity index (χ3n) is 3.00. The van der Waals surface area contributed by atoms with Gasteiger partial charge >= 0.3 is 5.97 Å². The van der Waals surface area contributed by atoms with Gasteiger partial charge in [0.2, 0.25) is 0 Å². The molecule has 0 fully saturated rings. The summed E-state index contributed by atoms with van der Waals surface area (Å²) in [5.41, 5.74) is 0.661. The van der Waals surface area contributed by atoms with Crippen LogP contribution in [-0.2, 0) is 4.79 Å². The van der Waals surface area contributed by atoms with E-state index in [9.17, 15) is 14.7 Å². The van der Waals surface area contributed by atoms with Crippen molar-refractivity contribution in [3.05, 3.63) is 52.2 Å². The van der Waals surface area contributed by atoms with Crippen molar-refractivity contribution in [2.75, 3.05) is 13.7 Å². The summed E-state index contributed by atoms with van der Waals surface area (Å²) in [5.74, 6) is -1.42. The number of nitrogens with one attached hydrogen (secondary N) is 1. The van der Waals surface area contributed by atoms with Gasteiger partial charge in [0.1, 0.15) is 5.75 Å². The van der Waals surface area contributed by atoms with E-state index < -0.39 is 11.9 Å². The molecule has 2 aromatic rings. The molecule has 1 heterocycles. The van der Waals surface area contributed by atoms with E-state index in [1.165, 1.54) is 18.4 Å². The summed E-state index contributed by atoms with van der Waals surface area (Å²) in [6.45, 7) is 0.0401. The van der Waals surface area contributed by atoms with Crippen molar-refractivity contribution < 1.29 is 19.4 Å². The van der Waals surface area contributed by atoms with Crippen molar-refractivity contribution in [1.82, 2.24) is 5.32 Å². The molecule has 5 nitrogen and oxygen atoms in total. The Morgan fingerprint density at radius 2 is 2.05 bits per heavy atom. The van der Waals surface area contributed by atoms with Crippen LogP contribution in [0.3, 0.4) is 0 Å². The Morgan fingerprint density at radius 3 is 2.62 bits per heavy atom. The Morgan fingerprint density at radius 1 is 1.33 bits per heavy atom. The van der Waals surface area contributed by atoms with Gasteiger partial charge in [-0.15, -0.1) is 11.3 Å². The molecule has 0 aliphatic rings. The number of carbonyl (C=O) groups excluding carboxylic acids is 1. The highest BCUT2D eigenvalue weighted by Gasteiger charge is 2.21. The molecule has 1 aromatic carbocycles. The van der Waals surface area contributed by atoms with Crippen molar-refractivity contribution in [1.29, 1.82) is 0 Å². The molecule has 0 spiro atoms. The number of carboxylic acids is 1.